The van der Waals surface area contributed by atoms with Crippen molar-refractivity contribution in [3.8, 4) is 17.1 Å². The van der Waals surface area contributed by atoms with Crippen LogP contribution in [0.25, 0.3) is 22.3 Å². The molecular formula is C18H19N5O4. The number of pyridine rings is 1. The Morgan fingerprint density at radius 2 is 1.81 bits per heavy atom. The average Bonchev–Trinajstić information content (AvgIpc) is 2.68. The van der Waals surface area contributed by atoms with E-state index < -0.39 is 6.09 Å². The van der Waals surface area contributed by atoms with E-state index in [1.165, 1.54) is 7.11 Å². The number of rotatable bonds is 6. The summed E-state index contributed by atoms with van der Waals surface area (Å²) in [5.74, 6) is 0.420. The second-order valence-corrected chi connectivity index (χ2v) is 5.49. The number of methoxy groups -OCH3 is 2. The Labute approximate surface area is 155 Å². The number of nitrogens with two attached hydrogens (primary N) is 1. The summed E-state index contributed by atoms with van der Waals surface area (Å²) >= 11 is 0. The fourth-order valence-electron chi connectivity index (χ4n) is 2.38. The van der Waals surface area contributed by atoms with E-state index in [0.717, 1.165) is 5.56 Å². The lowest BCUT2D eigenvalue weighted by molar-refractivity contribution is 0.144. The first-order valence-electron chi connectivity index (χ1n) is 8.12. The molecule has 0 unspecified atom stereocenters. The summed E-state index contributed by atoms with van der Waals surface area (Å²) in [5, 5.41) is 2.60. The first-order chi connectivity index (χ1) is 13.1. The summed E-state index contributed by atoms with van der Waals surface area (Å²) in [6, 6.07) is 10.8. The molecule has 1 aromatic carbocycles. The number of aromatic nitrogens is 3. The summed E-state index contributed by atoms with van der Waals surface area (Å²) < 4.78 is 15.2. The van der Waals surface area contributed by atoms with Crippen LogP contribution >= 0.6 is 0 Å². The molecule has 0 aliphatic heterocycles. The average molecular weight is 369 g/mol. The highest BCUT2D eigenvalue weighted by molar-refractivity contribution is 5.86. The number of fused-ring (bicyclic) bond motifs is 1. The van der Waals surface area contributed by atoms with Gasteiger partial charge in [0.05, 0.1) is 24.9 Å². The van der Waals surface area contributed by atoms with Gasteiger partial charge in [0.1, 0.15) is 6.61 Å². The molecule has 0 spiro atoms. The Balaban J connectivity index is 1.92. The number of hydrogen-bond donors (Lipinski definition) is 2. The van der Waals surface area contributed by atoms with E-state index in [1.54, 1.807) is 25.3 Å². The van der Waals surface area contributed by atoms with Gasteiger partial charge >= 0.3 is 6.09 Å². The van der Waals surface area contributed by atoms with Gasteiger partial charge in [0.15, 0.2) is 5.52 Å². The lowest BCUT2D eigenvalue weighted by atomic mass is 10.1. The molecule has 140 valence electrons. The highest BCUT2D eigenvalue weighted by Gasteiger charge is 2.11. The second-order valence-electron chi connectivity index (χ2n) is 5.49. The summed E-state index contributed by atoms with van der Waals surface area (Å²) in [6.45, 7) is 0.738. The molecule has 0 saturated heterocycles. The van der Waals surface area contributed by atoms with Crippen molar-refractivity contribution in [1.29, 1.82) is 0 Å². The highest BCUT2D eigenvalue weighted by atomic mass is 16.5. The Bertz CT molecular complexity index is 946. The molecule has 0 bridgehead atoms. The molecule has 1 amide bonds. The largest absolute Gasteiger partial charge is 0.474 e. The van der Waals surface area contributed by atoms with Crippen LogP contribution in [0.1, 0.15) is 0 Å². The van der Waals surface area contributed by atoms with Crippen LogP contribution in [-0.2, 0) is 9.47 Å². The minimum atomic E-state index is -0.529. The summed E-state index contributed by atoms with van der Waals surface area (Å²) in [5.41, 5.74) is 9.01. The molecule has 0 aliphatic rings. The van der Waals surface area contributed by atoms with Crippen LogP contribution in [0.4, 0.5) is 16.4 Å². The number of carbonyl (C=O) groups is 1. The van der Waals surface area contributed by atoms with E-state index >= 15 is 0 Å². The van der Waals surface area contributed by atoms with Crippen LogP contribution in [0.5, 0.6) is 5.88 Å². The predicted molar refractivity (Wildman–Crippen MR) is 101 cm³/mol. The van der Waals surface area contributed by atoms with E-state index in [4.69, 9.17) is 15.2 Å². The number of ether oxygens (including phenoxy) is 3. The molecule has 2 aromatic heterocycles. The molecule has 0 atom stereocenters. The topological polar surface area (TPSA) is 121 Å². The fraction of sp³-hybridized carbons (Fsp3) is 0.222. The van der Waals surface area contributed by atoms with Gasteiger partial charge in [-0.2, -0.15) is 4.98 Å². The quantitative estimate of drug-likeness (QED) is 0.636. The molecule has 0 aliphatic carbocycles. The van der Waals surface area contributed by atoms with Crippen molar-refractivity contribution in [1.82, 2.24) is 15.0 Å². The first kappa shape index (κ1) is 18.3. The van der Waals surface area contributed by atoms with Gasteiger partial charge in [0.25, 0.3) is 0 Å². The third-order valence-corrected chi connectivity index (χ3v) is 3.67. The number of amides is 1. The van der Waals surface area contributed by atoms with Crippen molar-refractivity contribution >= 4 is 28.8 Å². The zero-order valence-electron chi connectivity index (χ0n) is 14.9. The maximum absolute atomic E-state index is 11.3. The maximum atomic E-state index is 11.3. The van der Waals surface area contributed by atoms with E-state index in [2.05, 4.69) is 25.0 Å². The lowest BCUT2D eigenvalue weighted by Gasteiger charge is -2.10. The van der Waals surface area contributed by atoms with Crippen LogP contribution in [0, 0.1) is 0 Å². The number of benzene rings is 1. The molecule has 3 rings (SSSR count). The molecule has 9 heteroatoms. The van der Waals surface area contributed by atoms with Gasteiger partial charge in [0, 0.05) is 18.4 Å². The Kier molecular flexibility index (Phi) is 5.62. The summed E-state index contributed by atoms with van der Waals surface area (Å²) in [4.78, 5) is 24.2. The van der Waals surface area contributed by atoms with Gasteiger partial charge in [-0.15, -0.1) is 0 Å². The zero-order valence-corrected chi connectivity index (χ0v) is 14.9. The minimum absolute atomic E-state index is 0.114. The summed E-state index contributed by atoms with van der Waals surface area (Å²) in [6.07, 6.45) is -0.529. The first-order valence-corrected chi connectivity index (χ1v) is 8.12. The van der Waals surface area contributed by atoms with Gasteiger partial charge in [0.2, 0.25) is 11.8 Å². The van der Waals surface area contributed by atoms with Gasteiger partial charge in [-0.3, -0.25) is 5.32 Å². The van der Waals surface area contributed by atoms with Crippen molar-refractivity contribution in [2.24, 2.45) is 0 Å². The molecule has 0 radical (unpaired) electrons. The van der Waals surface area contributed by atoms with Crippen molar-refractivity contribution in [3.05, 3.63) is 36.4 Å². The van der Waals surface area contributed by atoms with E-state index in [1.807, 2.05) is 18.2 Å². The molecule has 0 saturated carbocycles. The number of nitrogens with zero attached hydrogens (tertiary/aromatic N) is 3. The number of nitrogens with one attached hydrogen (secondary N) is 1. The molecule has 3 N–H and O–H groups in total. The molecule has 9 nitrogen and oxygen atoms in total. The number of nitrogen functional groups attached to an aromatic ring is 1. The van der Waals surface area contributed by atoms with E-state index in [9.17, 15) is 4.79 Å². The number of hydrogen-bond acceptors (Lipinski definition) is 8. The molecular weight excluding hydrogens is 350 g/mol. The highest BCUT2D eigenvalue weighted by Crippen LogP contribution is 2.26. The molecule has 0 fully saturated rings. The molecule has 2 heterocycles. The predicted octanol–water partition coefficient (Wildman–Crippen LogP) is 2.48. The smallest absolute Gasteiger partial charge is 0.411 e. The summed E-state index contributed by atoms with van der Waals surface area (Å²) in [7, 11) is 2.90. The normalized spacial score (nSPS) is 10.6. The second kappa shape index (κ2) is 8.28. The Morgan fingerprint density at radius 1 is 1.04 bits per heavy atom. The number of anilines is 2. The van der Waals surface area contributed by atoms with Gasteiger partial charge < -0.3 is 19.9 Å². The monoisotopic (exact) mass is 369 g/mol. The van der Waals surface area contributed by atoms with Crippen molar-refractivity contribution in [2.75, 3.05) is 38.5 Å². The zero-order chi connectivity index (χ0) is 19.2. The Hall–Kier alpha value is -3.46. The van der Waals surface area contributed by atoms with Crippen molar-refractivity contribution in [2.45, 2.75) is 0 Å². The number of carbonyl (C=O) groups excluding carboxylic acids is 1. The van der Waals surface area contributed by atoms with Crippen LogP contribution in [0.2, 0.25) is 0 Å². The van der Waals surface area contributed by atoms with E-state index in [-0.39, 0.29) is 5.95 Å². The standard InChI is InChI=1S/C18H19N5O4/c1-25-9-10-27-16-15-14(22-17(19)23-16)8-7-13(21-15)11-3-5-12(6-4-11)20-18(24)26-2/h3-8H,9-10H2,1-2H3,(H,20,24)(H2,19,22,23). The van der Waals surface area contributed by atoms with Crippen LogP contribution in [0.15, 0.2) is 36.4 Å². The SMILES string of the molecule is COCCOc1nc(N)nc2ccc(-c3ccc(NC(=O)OC)cc3)nc12. The Morgan fingerprint density at radius 3 is 2.52 bits per heavy atom. The maximum Gasteiger partial charge on any atom is 0.411 e. The lowest BCUT2D eigenvalue weighted by Crippen LogP contribution is -2.10. The van der Waals surface area contributed by atoms with Crippen molar-refractivity contribution < 1.29 is 19.0 Å². The minimum Gasteiger partial charge on any atom is -0.474 e. The van der Waals surface area contributed by atoms with Crippen LogP contribution in [-0.4, -0.2) is 48.5 Å². The van der Waals surface area contributed by atoms with Gasteiger partial charge in [-0.05, 0) is 24.3 Å². The van der Waals surface area contributed by atoms with Crippen LogP contribution in [0.3, 0.4) is 0 Å². The van der Waals surface area contributed by atoms with E-state index in [0.29, 0.717) is 41.5 Å². The molecule has 3 aromatic rings. The third kappa shape index (κ3) is 4.39. The fourth-order valence-corrected chi connectivity index (χ4v) is 2.38. The molecule has 27 heavy (non-hydrogen) atoms. The van der Waals surface area contributed by atoms with Crippen molar-refractivity contribution in [3.63, 3.8) is 0 Å². The third-order valence-electron chi connectivity index (χ3n) is 3.67. The van der Waals surface area contributed by atoms with Gasteiger partial charge in [-0.1, -0.05) is 12.1 Å². The van der Waals surface area contributed by atoms with Gasteiger partial charge in [-0.25, -0.2) is 14.8 Å². The van der Waals surface area contributed by atoms with Crippen LogP contribution < -0.4 is 15.8 Å².